The number of carbonyl (C=O) groups is 2. The predicted molar refractivity (Wildman–Crippen MR) is 284 cm³/mol. The van der Waals surface area contributed by atoms with Crippen molar-refractivity contribution in [3.63, 3.8) is 0 Å². The number of phosphoric ester groups is 1. The van der Waals surface area contributed by atoms with E-state index in [-0.39, 0.29) is 32.0 Å². The summed E-state index contributed by atoms with van der Waals surface area (Å²) >= 11 is 0. The van der Waals surface area contributed by atoms with Crippen LogP contribution in [-0.4, -0.2) is 74.9 Å². The van der Waals surface area contributed by atoms with Crippen molar-refractivity contribution in [1.82, 2.24) is 0 Å². The Morgan fingerprint density at radius 2 is 0.851 bits per heavy atom. The molecule has 0 aromatic carbocycles. The molecule has 9 nitrogen and oxygen atoms in total. The average molecular weight is 955 g/mol. The van der Waals surface area contributed by atoms with Gasteiger partial charge in [0.2, 0.25) is 0 Å². The number of nitrogens with zero attached hydrogens (tertiary/aromatic N) is 1. The number of unbranched alkanes of at least 4 members (excludes halogenated alkanes) is 14. The summed E-state index contributed by atoms with van der Waals surface area (Å²) in [5.41, 5.74) is 0. The Hall–Kier alpha value is -3.33. The Kier molecular flexibility index (Phi) is 45.4. The summed E-state index contributed by atoms with van der Waals surface area (Å²) in [4.78, 5) is 35.4. The first-order chi connectivity index (χ1) is 32.5. The standard InChI is InChI=1S/C57H96NO8P/c1-6-8-10-12-14-16-18-19-20-21-22-23-24-25-26-27-28-29-30-31-32-33-34-35-36-37-38-39-40-42-44-46-48-50-57(60)66-55(54-65-67(61,62)64-52-51-58(3,4)5)53-63-56(59)49-47-45-43-41-17-15-13-11-9-7-2/h8,10-11,13-14,16,19-20,22-23,25-26,28-29,31-32,34-35,55H,6-7,9,12,15,17-18,21,24,27,30,33,36-54H2,1-5H3/p+1/b10-8-,13-11-,16-14-,20-19-,23-22-,26-25-,29-28-,32-31-,35-34-. The fourth-order valence-corrected chi connectivity index (χ4v) is 7.24. The SMILES string of the molecule is CC/C=C\C/C=C\C/C=C\C/C=C\C/C=C\C/C=C\C/C=C\C/C=C\CCCCCCCCCCC(=O)OC(COC(=O)CCCCCCC/C=C\CCC)COP(=O)(O)OCC[N+](C)(C)C. The van der Waals surface area contributed by atoms with E-state index >= 15 is 0 Å². The molecule has 0 amide bonds. The quantitative estimate of drug-likeness (QED) is 0.0211. The van der Waals surface area contributed by atoms with Crippen LogP contribution in [-0.2, 0) is 32.7 Å². The van der Waals surface area contributed by atoms with E-state index in [4.69, 9.17) is 18.5 Å². The Bertz CT molecular complexity index is 1500. The minimum atomic E-state index is -4.39. The number of quaternary nitrogens is 1. The van der Waals surface area contributed by atoms with Gasteiger partial charge in [-0.25, -0.2) is 4.57 Å². The number of rotatable bonds is 46. The van der Waals surface area contributed by atoms with Crippen LogP contribution in [0.4, 0.5) is 0 Å². The zero-order valence-electron chi connectivity index (χ0n) is 43.1. The summed E-state index contributed by atoms with van der Waals surface area (Å²) in [6.45, 7) is 4.20. The number of carbonyl (C=O) groups excluding carboxylic acids is 2. The van der Waals surface area contributed by atoms with Crippen LogP contribution in [0.15, 0.2) is 109 Å². The van der Waals surface area contributed by atoms with E-state index in [9.17, 15) is 19.0 Å². The maximum absolute atomic E-state index is 12.7. The summed E-state index contributed by atoms with van der Waals surface area (Å²) in [6, 6.07) is 0. The molecule has 0 aromatic rings. The lowest BCUT2D eigenvalue weighted by molar-refractivity contribution is -0.870. The zero-order valence-corrected chi connectivity index (χ0v) is 44.0. The molecule has 2 atom stereocenters. The van der Waals surface area contributed by atoms with Crippen molar-refractivity contribution in [2.45, 2.75) is 193 Å². The van der Waals surface area contributed by atoms with E-state index < -0.39 is 26.5 Å². The van der Waals surface area contributed by atoms with Crippen molar-refractivity contribution in [3.05, 3.63) is 109 Å². The largest absolute Gasteiger partial charge is 0.472 e. The van der Waals surface area contributed by atoms with Crippen LogP contribution in [0.5, 0.6) is 0 Å². The van der Waals surface area contributed by atoms with E-state index in [1.807, 2.05) is 21.1 Å². The van der Waals surface area contributed by atoms with Gasteiger partial charge in [-0.3, -0.25) is 18.6 Å². The molecule has 0 spiro atoms. The summed E-state index contributed by atoms with van der Waals surface area (Å²) in [7, 11) is 1.45. The molecule has 0 aliphatic heterocycles. The van der Waals surface area contributed by atoms with Gasteiger partial charge in [0, 0.05) is 12.8 Å². The molecule has 10 heteroatoms. The highest BCUT2D eigenvalue weighted by molar-refractivity contribution is 7.47. The van der Waals surface area contributed by atoms with Gasteiger partial charge in [-0.1, -0.05) is 187 Å². The fraction of sp³-hybridized carbons (Fsp3) is 0.649. The molecule has 0 bridgehead atoms. The molecule has 1 N–H and O–H groups in total. The highest BCUT2D eigenvalue weighted by Gasteiger charge is 2.27. The summed E-state index contributed by atoms with van der Waals surface area (Å²) in [5.74, 6) is -0.829. The lowest BCUT2D eigenvalue weighted by Crippen LogP contribution is -2.37. The third-order valence-corrected chi connectivity index (χ3v) is 11.5. The van der Waals surface area contributed by atoms with E-state index in [0.717, 1.165) is 122 Å². The third kappa shape index (κ3) is 51.9. The van der Waals surface area contributed by atoms with Crippen LogP contribution >= 0.6 is 7.82 Å². The lowest BCUT2D eigenvalue weighted by Gasteiger charge is -2.24. The van der Waals surface area contributed by atoms with Gasteiger partial charge in [0.05, 0.1) is 27.7 Å². The number of hydrogen-bond donors (Lipinski definition) is 1. The van der Waals surface area contributed by atoms with Gasteiger partial charge < -0.3 is 18.9 Å². The molecule has 0 fully saturated rings. The van der Waals surface area contributed by atoms with Gasteiger partial charge in [0.25, 0.3) is 0 Å². The summed E-state index contributed by atoms with van der Waals surface area (Å²) < 4.78 is 34.3. The van der Waals surface area contributed by atoms with Gasteiger partial charge in [-0.15, -0.1) is 0 Å². The van der Waals surface area contributed by atoms with Crippen molar-refractivity contribution >= 4 is 19.8 Å². The number of hydrogen-bond acceptors (Lipinski definition) is 7. The van der Waals surface area contributed by atoms with E-state index in [0.29, 0.717) is 17.4 Å². The third-order valence-electron chi connectivity index (χ3n) is 10.5. The van der Waals surface area contributed by atoms with Crippen molar-refractivity contribution in [2.75, 3.05) is 47.5 Å². The first-order valence-corrected chi connectivity index (χ1v) is 27.6. The Labute approximate surface area is 410 Å². The molecule has 2 unspecified atom stereocenters. The average Bonchev–Trinajstić information content (AvgIpc) is 3.29. The molecule has 0 radical (unpaired) electrons. The van der Waals surface area contributed by atoms with Crippen LogP contribution < -0.4 is 0 Å². The Morgan fingerprint density at radius 1 is 0.478 bits per heavy atom. The number of allylic oxidation sites excluding steroid dienone is 18. The predicted octanol–water partition coefficient (Wildman–Crippen LogP) is 15.9. The Balaban J connectivity index is 4.16. The van der Waals surface area contributed by atoms with Crippen LogP contribution in [0.2, 0.25) is 0 Å². The first kappa shape index (κ1) is 63.7. The smallest absolute Gasteiger partial charge is 0.462 e. The minimum absolute atomic E-state index is 0.0232. The van der Waals surface area contributed by atoms with Gasteiger partial charge in [0.1, 0.15) is 19.8 Å². The van der Waals surface area contributed by atoms with Crippen molar-refractivity contribution in [2.24, 2.45) is 0 Å². The second kappa shape index (κ2) is 47.7. The van der Waals surface area contributed by atoms with Gasteiger partial charge in [-0.05, 0) is 96.3 Å². The number of esters is 2. The van der Waals surface area contributed by atoms with Gasteiger partial charge >= 0.3 is 19.8 Å². The molecule has 0 heterocycles. The molecule has 0 saturated carbocycles. The first-order valence-electron chi connectivity index (χ1n) is 26.1. The van der Waals surface area contributed by atoms with Crippen LogP contribution in [0, 0.1) is 0 Å². The molecular weight excluding hydrogens is 858 g/mol. The lowest BCUT2D eigenvalue weighted by atomic mass is 10.1. The minimum Gasteiger partial charge on any atom is -0.462 e. The van der Waals surface area contributed by atoms with E-state index in [2.05, 4.69) is 123 Å². The van der Waals surface area contributed by atoms with Gasteiger partial charge in [0.15, 0.2) is 6.10 Å². The van der Waals surface area contributed by atoms with Crippen molar-refractivity contribution in [1.29, 1.82) is 0 Å². The molecule has 0 aliphatic carbocycles. The molecule has 0 rings (SSSR count). The molecular formula is C57H97NO8P+. The number of phosphoric acid groups is 1. The maximum Gasteiger partial charge on any atom is 0.472 e. The normalized spacial score (nSPS) is 14.3. The van der Waals surface area contributed by atoms with E-state index in [1.54, 1.807) is 0 Å². The Morgan fingerprint density at radius 3 is 1.28 bits per heavy atom. The van der Waals surface area contributed by atoms with Crippen molar-refractivity contribution < 1.29 is 42.1 Å². The van der Waals surface area contributed by atoms with Crippen molar-refractivity contribution in [3.8, 4) is 0 Å². The second-order valence-corrected chi connectivity index (χ2v) is 19.6. The number of likely N-dealkylation sites (N-methyl/N-ethyl adjacent to an activating group) is 1. The number of ether oxygens (including phenoxy) is 2. The van der Waals surface area contributed by atoms with Crippen LogP contribution in [0.25, 0.3) is 0 Å². The van der Waals surface area contributed by atoms with Crippen LogP contribution in [0.1, 0.15) is 187 Å². The second-order valence-electron chi connectivity index (χ2n) is 18.2. The fourth-order valence-electron chi connectivity index (χ4n) is 6.50. The van der Waals surface area contributed by atoms with Gasteiger partial charge in [-0.2, -0.15) is 0 Å². The summed E-state index contributed by atoms with van der Waals surface area (Å²) in [6.07, 6.45) is 65.9. The highest BCUT2D eigenvalue weighted by Crippen LogP contribution is 2.43. The maximum atomic E-state index is 12.7. The zero-order chi connectivity index (χ0) is 49.2. The summed E-state index contributed by atoms with van der Waals surface area (Å²) in [5, 5.41) is 0. The van der Waals surface area contributed by atoms with E-state index in [1.165, 1.54) is 32.1 Å². The molecule has 67 heavy (non-hydrogen) atoms. The molecule has 0 aliphatic rings. The molecule has 382 valence electrons. The van der Waals surface area contributed by atoms with Crippen LogP contribution in [0.3, 0.4) is 0 Å². The topological polar surface area (TPSA) is 108 Å². The monoisotopic (exact) mass is 955 g/mol. The molecule has 0 aromatic heterocycles. The molecule has 0 saturated heterocycles. The highest BCUT2D eigenvalue weighted by atomic mass is 31.2.